The van der Waals surface area contributed by atoms with E-state index in [-0.39, 0.29) is 0 Å². The summed E-state index contributed by atoms with van der Waals surface area (Å²) in [5.74, 6) is 1.48. The Balaban J connectivity index is 1.42. The molecular formula is C26H34N2O. The SMILES string of the molecule is CC/C=C/COc1cnc(-c2ccc(C34CCC(CCC)(CC3)CC4)cc2)nc1. The zero-order valence-corrected chi connectivity index (χ0v) is 18.0. The molecule has 0 amide bonds. The van der Waals surface area contributed by atoms with Gasteiger partial charge in [-0.3, -0.25) is 0 Å². The third-order valence-corrected chi connectivity index (χ3v) is 7.31. The van der Waals surface area contributed by atoms with Gasteiger partial charge in [-0.25, -0.2) is 9.97 Å². The lowest BCUT2D eigenvalue weighted by Gasteiger charge is -2.54. The third kappa shape index (κ3) is 4.24. The topological polar surface area (TPSA) is 35.0 Å². The van der Waals surface area contributed by atoms with Crippen LogP contribution in [0, 0.1) is 5.41 Å². The Morgan fingerprint density at radius 1 is 0.897 bits per heavy atom. The lowest BCUT2D eigenvalue weighted by molar-refractivity contribution is 0.0320. The molecule has 0 saturated heterocycles. The van der Waals surface area contributed by atoms with Crippen molar-refractivity contribution in [1.29, 1.82) is 0 Å². The summed E-state index contributed by atoms with van der Waals surface area (Å²) in [7, 11) is 0. The maximum Gasteiger partial charge on any atom is 0.159 e. The number of aromatic nitrogens is 2. The molecule has 0 radical (unpaired) electrons. The quantitative estimate of drug-likeness (QED) is 0.461. The monoisotopic (exact) mass is 390 g/mol. The molecule has 1 aromatic heterocycles. The Morgan fingerprint density at radius 2 is 1.55 bits per heavy atom. The van der Waals surface area contributed by atoms with Gasteiger partial charge >= 0.3 is 0 Å². The smallest absolute Gasteiger partial charge is 0.159 e. The minimum absolute atomic E-state index is 0.415. The number of ether oxygens (including phenoxy) is 1. The van der Waals surface area contributed by atoms with Crippen molar-refractivity contribution < 1.29 is 4.74 Å². The first kappa shape index (κ1) is 20.1. The normalized spacial score (nSPS) is 26.1. The summed E-state index contributed by atoms with van der Waals surface area (Å²) in [4.78, 5) is 9.01. The first-order valence-corrected chi connectivity index (χ1v) is 11.4. The molecule has 0 atom stereocenters. The van der Waals surface area contributed by atoms with Crippen LogP contribution in [0.2, 0.25) is 0 Å². The summed E-state index contributed by atoms with van der Waals surface area (Å²) in [5, 5.41) is 0. The van der Waals surface area contributed by atoms with E-state index < -0.39 is 0 Å². The van der Waals surface area contributed by atoms with E-state index in [9.17, 15) is 0 Å². The third-order valence-electron chi connectivity index (χ3n) is 7.31. The van der Waals surface area contributed by atoms with E-state index >= 15 is 0 Å². The fourth-order valence-electron chi connectivity index (χ4n) is 5.49. The van der Waals surface area contributed by atoms with E-state index in [0.717, 1.165) is 17.8 Å². The Morgan fingerprint density at radius 3 is 2.14 bits per heavy atom. The van der Waals surface area contributed by atoms with Crippen molar-refractivity contribution in [3.8, 4) is 17.1 Å². The van der Waals surface area contributed by atoms with Crippen LogP contribution in [-0.2, 0) is 5.41 Å². The number of hydrogen-bond acceptors (Lipinski definition) is 3. The summed E-state index contributed by atoms with van der Waals surface area (Å²) in [6.07, 6.45) is 19.8. The summed E-state index contributed by atoms with van der Waals surface area (Å²) < 4.78 is 5.64. The predicted molar refractivity (Wildman–Crippen MR) is 119 cm³/mol. The van der Waals surface area contributed by atoms with Crippen LogP contribution in [-0.4, -0.2) is 16.6 Å². The molecule has 5 rings (SSSR count). The summed E-state index contributed by atoms with van der Waals surface area (Å²) >= 11 is 0. The van der Waals surface area contributed by atoms with Crippen LogP contribution in [0.15, 0.2) is 48.8 Å². The Labute approximate surface area is 175 Å². The van der Waals surface area contributed by atoms with Crippen molar-refractivity contribution in [3.05, 3.63) is 54.4 Å². The molecule has 2 aromatic rings. The van der Waals surface area contributed by atoms with Crippen LogP contribution in [0.25, 0.3) is 11.4 Å². The average molecular weight is 391 g/mol. The largest absolute Gasteiger partial charge is 0.486 e. The second-order valence-electron chi connectivity index (χ2n) is 9.04. The average Bonchev–Trinajstić information content (AvgIpc) is 2.79. The zero-order chi connectivity index (χ0) is 20.2. The number of allylic oxidation sites excluding steroid dienone is 1. The summed E-state index contributed by atoms with van der Waals surface area (Å²) in [6.45, 7) is 5.02. The number of rotatable bonds is 8. The van der Waals surface area contributed by atoms with Crippen LogP contribution in [0.5, 0.6) is 5.75 Å². The molecule has 0 spiro atoms. The second-order valence-corrected chi connectivity index (χ2v) is 9.04. The zero-order valence-electron chi connectivity index (χ0n) is 18.0. The van der Waals surface area contributed by atoms with Gasteiger partial charge in [-0.2, -0.15) is 0 Å². The van der Waals surface area contributed by atoms with Crippen molar-refractivity contribution in [2.45, 2.75) is 77.0 Å². The van der Waals surface area contributed by atoms with Crippen molar-refractivity contribution in [1.82, 2.24) is 9.97 Å². The van der Waals surface area contributed by atoms with Crippen LogP contribution >= 0.6 is 0 Å². The number of hydrogen-bond donors (Lipinski definition) is 0. The lowest BCUT2D eigenvalue weighted by Crippen LogP contribution is -2.44. The molecule has 1 aromatic carbocycles. The van der Waals surface area contributed by atoms with E-state index in [0.29, 0.717) is 23.2 Å². The number of fused-ring (bicyclic) bond motifs is 3. The number of nitrogens with zero attached hydrogens (tertiary/aromatic N) is 2. The molecule has 3 heteroatoms. The van der Waals surface area contributed by atoms with E-state index in [4.69, 9.17) is 4.74 Å². The maximum absolute atomic E-state index is 5.64. The molecular weight excluding hydrogens is 356 g/mol. The van der Waals surface area contributed by atoms with Crippen molar-refractivity contribution >= 4 is 0 Å². The van der Waals surface area contributed by atoms with Gasteiger partial charge in [0.25, 0.3) is 0 Å². The summed E-state index contributed by atoms with van der Waals surface area (Å²) in [5.41, 5.74) is 3.68. The highest BCUT2D eigenvalue weighted by atomic mass is 16.5. The molecule has 0 unspecified atom stereocenters. The molecule has 29 heavy (non-hydrogen) atoms. The molecule has 2 bridgehead atoms. The maximum atomic E-state index is 5.64. The van der Waals surface area contributed by atoms with Crippen LogP contribution in [0.3, 0.4) is 0 Å². The van der Waals surface area contributed by atoms with Crippen molar-refractivity contribution in [2.75, 3.05) is 6.61 Å². The first-order valence-electron chi connectivity index (χ1n) is 11.4. The highest BCUT2D eigenvalue weighted by molar-refractivity contribution is 5.56. The molecule has 154 valence electrons. The van der Waals surface area contributed by atoms with Crippen LogP contribution < -0.4 is 4.74 Å². The molecule has 3 nitrogen and oxygen atoms in total. The van der Waals surface area contributed by atoms with Crippen LogP contribution in [0.4, 0.5) is 0 Å². The fourth-order valence-corrected chi connectivity index (χ4v) is 5.49. The molecule has 0 N–H and O–H groups in total. The van der Waals surface area contributed by atoms with E-state index in [1.54, 1.807) is 12.4 Å². The fraction of sp³-hybridized carbons (Fsp3) is 0.538. The Hall–Kier alpha value is -2.16. The predicted octanol–water partition coefficient (Wildman–Crippen LogP) is 6.88. The van der Waals surface area contributed by atoms with Gasteiger partial charge in [0.05, 0.1) is 12.4 Å². The second kappa shape index (κ2) is 8.69. The van der Waals surface area contributed by atoms with Gasteiger partial charge in [-0.05, 0) is 67.8 Å². The molecule has 0 aliphatic heterocycles. The molecule has 3 saturated carbocycles. The number of benzene rings is 1. The highest BCUT2D eigenvalue weighted by Gasteiger charge is 2.48. The molecule has 3 fully saturated rings. The Bertz CT molecular complexity index is 798. The molecule has 1 heterocycles. The minimum Gasteiger partial charge on any atom is -0.486 e. The Kier molecular flexibility index (Phi) is 6.03. The molecule has 3 aliphatic carbocycles. The summed E-state index contributed by atoms with van der Waals surface area (Å²) in [6, 6.07) is 9.06. The van der Waals surface area contributed by atoms with E-state index in [1.165, 1.54) is 56.9 Å². The molecule has 3 aliphatic rings. The van der Waals surface area contributed by atoms with E-state index in [2.05, 4.69) is 54.2 Å². The van der Waals surface area contributed by atoms with Crippen molar-refractivity contribution in [2.24, 2.45) is 5.41 Å². The standard InChI is InChI=1S/C26H34N2O/c1-3-5-6-18-29-23-19-27-24(28-20-23)21-7-9-22(10-8-21)26-15-12-25(11-4-2,13-16-26)14-17-26/h5-10,19-20H,3-4,11-18H2,1-2H3/b6-5+. The van der Waals surface area contributed by atoms with Gasteiger partial charge in [0.2, 0.25) is 0 Å². The van der Waals surface area contributed by atoms with Crippen molar-refractivity contribution in [3.63, 3.8) is 0 Å². The lowest BCUT2D eigenvalue weighted by atomic mass is 9.51. The van der Waals surface area contributed by atoms with Gasteiger partial charge < -0.3 is 4.74 Å². The van der Waals surface area contributed by atoms with Gasteiger partial charge in [0, 0.05) is 5.56 Å². The van der Waals surface area contributed by atoms with Crippen LogP contribution in [0.1, 0.15) is 77.2 Å². The van der Waals surface area contributed by atoms with E-state index in [1.807, 2.05) is 6.08 Å². The minimum atomic E-state index is 0.415. The van der Waals surface area contributed by atoms with Gasteiger partial charge in [-0.1, -0.05) is 56.7 Å². The first-order chi connectivity index (χ1) is 14.2. The highest BCUT2D eigenvalue weighted by Crippen LogP contribution is 2.59. The van der Waals surface area contributed by atoms with Gasteiger partial charge in [0.15, 0.2) is 11.6 Å². The van der Waals surface area contributed by atoms with Gasteiger partial charge in [0.1, 0.15) is 6.61 Å². The van der Waals surface area contributed by atoms with Gasteiger partial charge in [-0.15, -0.1) is 0 Å².